The maximum absolute atomic E-state index is 12.5. The van der Waals surface area contributed by atoms with Gasteiger partial charge in [0, 0.05) is 24.6 Å². The van der Waals surface area contributed by atoms with Gasteiger partial charge in [0.15, 0.2) is 0 Å². The molecule has 1 aliphatic heterocycles. The maximum Gasteiger partial charge on any atom is 0.305 e. The summed E-state index contributed by atoms with van der Waals surface area (Å²) in [5, 5.41) is 11.9. The second kappa shape index (κ2) is 7.97. The number of pyridine rings is 1. The molecule has 1 fully saturated rings. The molecule has 26 heavy (non-hydrogen) atoms. The molecule has 1 unspecified atom stereocenters. The lowest BCUT2D eigenvalue weighted by Gasteiger charge is -2.27. The Kier molecular flexibility index (Phi) is 5.48. The van der Waals surface area contributed by atoms with Crippen molar-refractivity contribution in [2.45, 2.75) is 25.0 Å². The number of aromatic nitrogens is 1. The summed E-state index contributed by atoms with van der Waals surface area (Å²) in [5.74, 6) is -0.643. The summed E-state index contributed by atoms with van der Waals surface area (Å²) in [6, 6.07) is 10.5. The van der Waals surface area contributed by atoms with Gasteiger partial charge in [-0.15, -0.1) is 0 Å². The first-order valence-electron chi connectivity index (χ1n) is 8.30. The Morgan fingerprint density at radius 3 is 2.54 bits per heavy atom. The molecule has 1 atom stereocenters. The van der Waals surface area contributed by atoms with Crippen molar-refractivity contribution >= 4 is 11.9 Å². The summed E-state index contributed by atoms with van der Waals surface area (Å²) >= 11 is 0. The van der Waals surface area contributed by atoms with E-state index in [1.165, 1.54) is 0 Å². The summed E-state index contributed by atoms with van der Waals surface area (Å²) in [6.07, 6.45) is 3.72. The molecule has 0 spiro atoms. The summed E-state index contributed by atoms with van der Waals surface area (Å²) < 4.78 is 11.0. The molecular formula is C19H20N2O5. The summed E-state index contributed by atoms with van der Waals surface area (Å²) in [7, 11) is 0. The lowest BCUT2D eigenvalue weighted by molar-refractivity contribution is -0.138. The number of carbonyl (C=O) groups excluding carboxylic acids is 1. The highest BCUT2D eigenvalue weighted by Crippen LogP contribution is 2.24. The van der Waals surface area contributed by atoms with Crippen molar-refractivity contribution in [1.82, 2.24) is 10.3 Å². The highest BCUT2D eigenvalue weighted by Gasteiger charge is 2.38. The Morgan fingerprint density at radius 2 is 1.92 bits per heavy atom. The third-order valence-electron chi connectivity index (χ3n) is 4.24. The average Bonchev–Trinajstić information content (AvgIpc) is 3.08. The normalized spacial score (nSPS) is 19.1. The molecule has 1 amide bonds. The van der Waals surface area contributed by atoms with Crippen molar-refractivity contribution in [3.63, 3.8) is 0 Å². The van der Waals surface area contributed by atoms with Gasteiger partial charge in [-0.05, 0) is 48.4 Å². The van der Waals surface area contributed by atoms with Gasteiger partial charge in [0.1, 0.15) is 12.4 Å². The topological polar surface area (TPSA) is 97.8 Å². The van der Waals surface area contributed by atoms with Gasteiger partial charge in [-0.1, -0.05) is 0 Å². The monoisotopic (exact) mass is 356 g/mol. The van der Waals surface area contributed by atoms with Crippen LogP contribution in [-0.2, 0) is 16.1 Å². The molecule has 2 N–H and O–H groups in total. The fourth-order valence-electron chi connectivity index (χ4n) is 2.84. The standard InChI is InChI=1S/C19H20N2O5/c22-17(23)11-19(7-10-25-13-19)21-18(24)15-1-3-16(4-2-15)26-12-14-5-8-20-9-6-14/h1-6,8-9H,7,10-13H2,(H,21,24)(H,22,23). The zero-order valence-corrected chi connectivity index (χ0v) is 14.2. The van der Waals surface area contributed by atoms with E-state index in [9.17, 15) is 9.59 Å². The minimum Gasteiger partial charge on any atom is -0.489 e. The SMILES string of the molecule is O=C(O)CC1(NC(=O)c2ccc(OCc3ccncc3)cc2)CCOC1. The van der Waals surface area contributed by atoms with Crippen LogP contribution in [0.15, 0.2) is 48.8 Å². The predicted molar refractivity (Wildman–Crippen MR) is 92.9 cm³/mol. The van der Waals surface area contributed by atoms with E-state index in [2.05, 4.69) is 10.3 Å². The number of ether oxygens (including phenoxy) is 2. The smallest absolute Gasteiger partial charge is 0.305 e. The zero-order valence-electron chi connectivity index (χ0n) is 14.2. The van der Waals surface area contributed by atoms with Gasteiger partial charge in [0.05, 0.1) is 18.6 Å². The first-order chi connectivity index (χ1) is 12.6. The summed E-state index contributed by atoms with van der Waals surface area (Å²) in [4.78, 5) is 27.5. The molecule has 0 aliphatic carbocycles. The number of nitrogens with zero attached hydrogens (tertiary/aromatic N) is 1. The van der Waals surface area contributed by atoms with E-state index in [1.807, 2.05) is 12.1 Å². The fraction of sp³-hybridized carbons (Fsp3) is 0.316. The second-order valence-electron chi connectivity index (χ2n) is 6.28. The number of benzene rings is 1. The van der Waals surface area contributed by atoms with E-state index in [-0.39, 0.29) is 18.9 Å². The van der Waals surface area contributed by atoms with Crippen LogP contribution in [0.5, 0.6) is 5.75 Å². The van der Waals surface area contributed by atoms with E-state index in [0.717, 1.165) is 5.56 Å². The third-order valence-corrected chi connectivity index (χ3v) is 4.24. The Morgan fingerprint density at radius 1 is 1.19 bits per heavy atom. The number of carboxylic acids is 1. The van der Waals surface area contributed by atoms with E-state index in [1.54, 1.807) is 36.7 Å². The van der Waals surface area contributed by atoms with E-state index in [4.69, 9.17) is 14.6 Å². The largest absolute Gasteiger partial charge is 0.489 e. The van der Waals surface area contributed by atoms with Gasteiger partial charge < -0.3 is 19.9 Å². The number of carboxylic acid groups (broad SMARTS) is 1. The van der Waals surface area contributed by atoms with E-state index < -0.39 is 11.5 Å². The highest BCUT2D eigenvalue weighted by atomic mass is 16.5. The molecular weight excluding hydrogens is 336 g/mol. The molecule has 2 heterocycles. The number of hydrogen-bond acceptors (Lipinski definition) is 5. The Hall–Kier alpha value is -2.93. The van der Waals surface area contributed by atoms with Crippen LogP contribution in [0.2, 0.25) is 0 Å². The van der Waals surface area contributed by atoms with E-state index in [0.29, 0.717) is 30.9 Å². The van der Waals surface area contributed by atoms with Crippen LogP contribution in [0.1, 0.15) is 28.8 Å². The van der Waals surface area contributed by atoms with Crippen molar-refractivity contribution in [3.05, 3.63) is 59.9 Å². The zero-order chi connectivity index (χ0) is 18.4. The summed E-state index contributed by atoms with van der Waals surface area (Å²) in [5.41, 5.74) is 0.594. The lowest BCUT2D eigenvalue weighted by Crippen LogP contribution is -2.50. The Labute approximate surface area is 151 Å². The molecule has 1 aliphatic rings. The third kappa shape index (κ3) is 4.58. The maximum atomic E-state index is 12.5. The molecule has 0 radical (unpaired) electrons. The lowest BCUT2D eigenvalue weighted by atomic mass is 9.93. The number of aliphatic carboxylic acids is 1. The number of nitrogens with one attached hydrogen (secondary N) is 1. The molecule has 3 rings (SSSR count). The summed E-state index contributed by atoms with van der Waals surface area (Å²) in [6.45, 7) is 1.06. The van der Waals surface area contributed by atoms with Crippen molar-refractivity contribution in [1.29, 1.82) is 0 Å². The number of rotatable bonds is 7. The molecule has 136 valence electrons. The van der Waals surface area contributed by atoms with Crippen molar-refractivity contribution in [2.24, 2.45) is 0 Å². The first kappa shape index (κ1) is 17.9. The second-order valence-corrected chi connectivity index (χ2v) is 6.28. The van der Waals surface area contributed by atoms with Crippen LogP contribution in [0, 0.1) is 0 Å². The fourth-order valence-corrected chi connectivity index (χ4v) is 2.84. The minimum atomic E-state index is -0.962. The van der Waals surface area contributed by atoms with Gasteiger partial charge in [-0.2, -0.15) is 0 Å². The Bertz CT molecular complexity index is 755. The van der Waals surface area contributed by atoms with Crippen LogP contribution in [0.25, 0.3) is 0 Å². The highest BCUT2D eigenvalue weighted by molar-refractivity contribution is 5.95. The molecule has 7 nitrogen and oxygen atoms in total. The van der Waals surface area contributed by atoms with Gasteiger partial charge in [-0.3, -0.25) is 14.6 Å². The van der Waals surface area contributed by atoms with Gasteiger partial charge in [-0.25, -0.2) is 0 Å². The molecule has 0 saturated carbocycles. The quantitative estimate of drug-likeness (QED) is 0.788. The molecule has 1 aromatic heterocycles. The van der Waals surface area contributed by atoms with E-state index >= 15 is 0 Å². The number of carbonyl (C=O) groups is 2. The molecule has 1 saturated heterocycles. The van der Waals surface area contributed by atoms with Crippen LogP contribution in [-0.4, -0.2) is 40.7 Å². The molecule has 1 aromatic carbocycles. The molecule has 7 heteroatoms. The van der Waals surface area contributed by atoms with Crippen molar-refractivity contribution < 1.29 is 24.2 Å². The van der Waals surface area contributed by atoms with Gasteiger partial charge in [0.25, 0.3) is 5.91 Å². The van der Waals surface area contributed by atoms with Crippen LogP contribution < -0.4 is 10.1 Å². The van der Waals surface area contributed by atoms with Crippen LogP contribution in [0.3, 0.4) is 0 Å². The predicted octanol–water partition coefficient (Wildman–Crippen LogP) is 2.02. The minimum absolute atomic E-state index is 0.161. The molecule has 0 bridgehead atoms. The van der Waals surface area contributed by atoms with Crippen molar-refractivity contribution in [2.75, 3.05) is 13.2 Å². The first-order valence-corrected chi connectivity index (χ1v) is 8.30. The number of amides is 1. The van der Waals surface area contributed by atoms with Crippen molar-refractivity contribution in [3.8, 4) is 5.75 Å². The van der Waals surface area contributed by atoms with Crippen LogP contribution in [0.4, 0.5) is 0 Å². The number of hydrogen-bond donors (Lipinski definition) is 2. The van der Waals surface area contributed by atoms with Gasteiger partial charge in [0.2, 0.25) is 0 Å². The Balaban J connectivity index is 1.60. The van der Waals surface area contributed by atoms with Crippen LogP contribution >= 0.6 is 0 Å². The molecule has 2 aromatic rings. The van der Waals surface area contributed by atoms with Gasteiger partial charge >= 0.3 is 5.97 Å². The average molecular weight is 356 g/mol.